The van der Waals surface area contributed by atoms with Gasteiger partial charge >= 0.3 is 12.1 Å². The smallest absolute Gasteiger partial charge is 0.416 e. The lowest BCUT2D eigenvalue weighted by molar-refractivity contribution is -0.138. The SMILES string of the molecule is O=C(O)CCCCCCCN1CCN(c2cccc(C(F)(F)F)c2)CC1. The van der Waals surface area contributed by atoms with Crippen LogP contribution in [-0.2, 0) is 11.0 Å². The van der Waals surface area contributed by atoms with E-state index in [4.69, 9.17) is 5.11 Å². The maximum absolute atomic E-state index is 12.8. The molecule has 0 aliphatic carbocycles. The fourth-order valence-electron chi connectivity index (χ4n) is 3.25. The molecule has 1 aromatic carbocycles. The number of piperazine rings is 1. The molecule has 1 saturated heterocycles. The first-order valence-electron chi connectivity index (χ1n) is 9.22. The van der Waals surface area contributed by atoms with Gasteiger partial charge in [-0.25, -0.2) is 0 Å². The lowest BCUT2D eigenvalue weighted by Gasteiger charge is -2.36. The summed E-state index contributed by atoms with van der Waals surface area (Å²) in [5.41, 5.74) is 0.0400. The van der Waals surface area contributed by atoms with Gasteiger partial charge in [0.2, 0.25) is 0 Å². The highest BCUT2D eigenvalue weighted by Gasteiger charge is 2.31. The maximum Gasteiger partial charge on any atom is 0.416 e. The predicted octanol–water partition coefficient (Wildman–Crippen LogP) is 4.25. The van der Waals surface area contributed by atoms with Crippen molar-refractivity contribution in [3.63, 3.8) is 0 Å². The minimum atomic E-state index is -4.30. The largest absolute Gasteiger partial charge is 0.481 e. The van der Waals surface area contributed by atoms with Gasteiger partial charge in [-0.2, -0.15) is 13.2 Å². The number of halogens is 3. The van der Waals surface area contributed by atoms with Crippen molar-refractivity contribution in [3.05, 3.63) is 29.8 Å². The van der Waals surface area contributed by atoms with Gasteiger partial charge in [-0.15, -0.1) is 0 Å². The second-order valence-corrected chi connectivity index (χ2v) is 6.79. The van der Waals surface area contributed by atoms with Crippen molar-refractivity contribution in [1.82, 2.24) is 4.90 Å². The minimum Gasteiger partial charge on any atom is -0.481 e. The van der Waals surface area contributed by atoms with Crippen molar-refractivity contribution < 1.29 is 23.1 Å². The molecule has 1 aliphatic rings. The molecule has 0 radical (unpaired) electrons. The Labute approximate surface area is 152 Å². The Morgan fingerprint density at radius 1 is 1.00 bits per heavy atom. The zero-order chi connectivity index (χ0) is 19.0. The van der Waals surface area contributed by atoms with Crippen LogP contribution in [0.25, 0.3) is 0 Å². The van der Waals surface area contributed by atoms with Crippen LogP contribution in [0.3, 0.4) is 0 Å². The van der Waals surface area contributed by atoms with Crippen LogP contribution >= 0.6 is 0 Å². The average molecular weight is 372 g/mol. The van der Waals surface area contributed by atoms with E-state index in [2.05, 4.69) is 4.90 Å². The number of carboxylic acids is 1. The highest BCUT2D eigenvalue weighted by atomic mass is 19.4. The van der Waals surface area contributed by atoms with Crippen molar-refractivity contribution in [2.45, 2.75) is 44.7 Å². The van der Waals surface area contributed by atoms with Crippen LogP contribution < -0.4 is 4.90 Å². The predicted molar refractivity (Wildman–Crippen MR) is 95.4 cm³/mol. The van der Waals surface area contributed by atoms with Crippen LogP contribution in [0.15, 0.2) is 24.3 Å². The van der Waals surface area contributed by atoms with Crippen LogP contribution in [-0.4, -0.2) is 48.7 Å². The van der Waals surface area contributed by atoms with Crippen LogP contribution in [0.5, 0.6) is 0 Å². The van der Waals surface area contributed by atoms with Crippen LogP contribution in [0.1, 0.15) is 44.1 Å². The zero-order valence-electron chi connectivity index (χ0n) is 15.0. The van der Waals surface area contributed by atoms with Gasteiger partial charge in [-0.1, -0.05) is 25.3 Å². The lowest BCUT2D eigenvalue weighted by atomic mass is 10.1. The van der Waals surface area contributed by atoms with Crippen LogP contribution in [0, 0.1) is 0 Å². The molecule has 1 heterocycles. The molecule has 4 nitrogen and oxygen atoms in total. The molecule has 2 rings (SSSR count). The fourth-order valence-corrected chi connectivity index (χ4v) is 3.25. The van der Waals surface area contributed by atoms with Gasteiger partial charge in [-0.05, 0) is 37.6 Å². The zero-order valence-corrected chi connectivity index (χ0v) is 15.0. The molecule has 0 bridgehead atoms. The number of hydrogen-bond acceptors (Lipinski definition) is 3. The van der Waals surface area contributed by atoms with Gasteiger partial charge in [0.1, 0.15) is 0 Å². The van der Waals surface area contributed by atoms with E-state index >= 15 is 0 Å². The van der Waals surface area contributed by atoms with Gasteiger partial charge in [-0.3, -0.25) is 9.69 Å². The van der Waals surface area contributed by atoms with Gasteiger partial charge < -0.3 is 10.0 Å². The van der Waals surface area contributed by atoms with E-state index in [9.17, 15) is 18.0 Å². The molecule has 0 saturated carbocycles. The van der Waals surface area contributed by atoms with E-state index in [1.54, 1.807) is 6.07 Å². The highest BCUT2D eigenvalue weighted by molar-refractivity contribution is 5.66. The fraction of sp³-hybridized carbons (Fsp3) is 0.632. The summed E-state index contributed by atoms with van der Waals surface area (Å²) in [6.45, 7) is 4.18. The number of hydrogen-bond donors (Lipinski definition) is 1. The summed E-state index contributed by atoms with van der Waals surface area (Å²) >= 11 is 0. The Bertz CT molecular complexity index is 570. The van der Waals surface area contributed by atoms with E-state index < -0.39 is 17.7 Å². The molecular weight excluding hydrogens is 345 g/mol. The highest BCUT2D eigenvalue weighted by Crippen LogP contribution is 2.31. The molecule has 0 aromatic heterocycles. The monoisotopic (exact) mass is 372 g/mol. The van der Waals surface area contributed by atoms with Crippen LogP contribution in [0.2, 0.25) is 0 Å². The van der Waals surface area contributed by atoms with E-state index in [1.165, 1.54) is 12.1 Å². The second-order valence-electron chi connectivity index (χ2n) is 6.79. The number of nitrogens with zero attached hydrogens (tertiary/aromatic N) is 2. The summed E-state index contributed by atoms with van der Waals surface area (Å²) < 4.78 is 38.5. The van der Waals surface area contributed by atoms with Crippen molar-refractivity contribution in [1.29, 1.82) is 0 Å². The van der Waals surface area contributed by atoms with Crippen molar-refractivity contribution >= 4 is 11.7 Å². The van der Waals surface area contributed by atoms with Crippen molar-refractivity contribution in [2.75, 3.05) is 37.6 Å². The molecule has 0 atom stereocenters. The van der Waals surface area contributed by atoms with Gasteiger partial charge in [0.15, 0.2) is 0 Å². The Hall–Kier alpha value is -1.76. The summed E-state index contributed by atoms with van der Waals surface area (Å²) in [5.74, 6) is -0.733. The summed E-state index contributed by atoms with van der Waals surface area (Å²) in [5, 5.41) is 8.58. The van der Waals surface area contributed by atoms with E-state index in [1.807, 2.05) is 4.90 Å². The standard InChI is InChI=1S/C19H27F3N2O2/c20-19(21,22)16-7-6-8-17(15-16)24-13-11-23(12-14-24)10-5-3-1-2-4-9-18(25)26/h6-8,15H,1-5,9-14H2,(H,25,26). The topological polar surface area (TPSA) is 43.8 Å². The minimum absolute atomic E-state index is 0.248. The Balaban J connectivity index is 1.65. The number of anilines is 1. The molecule has 26 heavy (non-hydrogen) atoms. The number of alkyl halides is 3. The van der Waals surface area contributed by atoms with Gasteiger partial charge in [0, 0.05) is 38.3 Å². The van der Waals surface area contributed by atoms with E-state index in [0.717, 1.165) is 70.9 Å². The van der Waals surface area contributed by atoms with Crippen LogP contribution in [0.4, 0.5) is 18.9 Å². The first kappa shape index (κ1) is 20.6. The first-order chi connectivity index (χ1) is 12.4. The Morgan fingerprint density at radius 3 is 2.31 bits per heavy atom. The summed E-state index contributed by atoms with van der Waals surface area (Å²) in [7, 11) is 0. The third-order valence-corrected chi connectivity index (χ3v) is 4.78. The molecule has 0 amide bonds. The molecular formula is C19H27F3N2O2. The van der Waals surface area contributed by atoms with Gasteiger partial charge in [0.05, 0.1) is 5.56 Å². The van der Waals surface area contributed by atoms with Crippen molar-refractivity contribution in [2.24, 2.45) is 0 Å². The number of unbranched alkanes of at least 4 members (excludes halogenated alkanes) is 4. The summed E-state index contributed by atoms with van der Waals surface area (Å²) in [6, 6.07) is 5.54. The molecule has 1 aliphatic heterocycles. The summed E-state index contributed by atoms with van der Waals surface area (Å²) in [6.07, 6.45) is 0.863. The maximum atomic E-state index is 12.8. The summed E-state index contributed by atoms with van der Waals surface area (Å²) in [4.78, 5) is 14.8. The molecule has 0 unspecified atom stereocenters. The quantitative estimate of drug-likeness (QED) is 0.658. The third-order valence-electron chi connectivity index (χ3n) is 4.78. The second kappa shape index (κ2) is 9.80. The number of aliphatic carboxylic acids is 1. The lowest BCUT2D eigenvalue weighted by Crippen LogP contribution is -2.46. The molecule has 7 heteroatoms. The third kappa shape index (κ3) is 6.86. The van der Waals surface area contributed by atoms with Gasteiger partial charge in [0.25, 0.3) is 0 Å². The molecule has 0 spiro atoms. The Kier molecular flexibility index (Phi) is 7.75. The average Bonchev–Trinajstić information content (AvgIpc) is 2.60. The molecule has 1 aromatic rings. The Morgan fingerprint density at radius 2 is 1.65 bits per heavy atom. The molecule has 1 fully saturated rings. The molecule has 1 N–H and O–H groups in total. The first-order valence-corrected chi connectivity index (χ1v) is 9.22. The van der Waals surface area contributed by atoms with E-state index in [0.29, 0.717) is 5.69 Å². The number of benzene rings is 1. The number of rotatable bonds is 9. The normalized spacial score (nSPS) is 16.0. The molecule has 146 valence electrons. The van der Waals surface area contributed by atoms with E-state index in [-0.39, 0.29) is 6.42 Å². The number of carbonyl (C=O) groups is 1. The number of carboxylic acid groups (broad SMARTS) is 1. The van der Waals surface area contributed by atoms with Crippen molar-refractivity contribution in [3.8, 4) is 0 Å².